The van der Waals surface area contributed by atoms with Crippen LogP contribution in [0.3, 0.4) is 0 Å². The lowest BCUT2D eigenvalue weighted by molar-refractivity contribution is -0.320. The summed E-state index contributed by atoms with van der Waals surface area (Å²) in [7, 11) is 0. The van der Waals surface area contributed by atoms with Crippen molar-refractivity contribution in [2.45, 2.75) is 69.1 Å². The van der Waals surface area contributed by atoms with Crippen LogP contribution >= 0.6 is 0 Å². The van der Waals surface area contributed by atoms with Crippen LogP contribution in [0.4, 0.5) is 0 Å². The Morgan fingerprint density at radius 1 is 1.16 bits per heavy atom. The van der Waals surface area contributed by atoms with Crippen molar-refractivity contribution in [1.29, 1.82) is 0 Å². The molecule has 1 aromatic rings. The summed E-state index contributed by atoms with van der Waals surface area (Å²) < 4.78 is 28.6. The third-order valence-electron chi connectivity index (χ3n) is 8.76. The number of carbonyl (C=O) groups excluding carboxylic acids is 2. The van der Waals surface area contributed by atoms with E-state index in [1.54, 1.807) is 6.07 Å². The minimum absolute atomic E-state index is 0.0210. The predicted molar refractivity (Wildman–Crippen MR) is 121 cm³/mol. The summed E-state index contributed by atoms with van der Waals surface area (Å²) >= 11 is 0. The number of fused-ring (bicyclic) bond motifs is 1. The zero-order valence-corrected chi connectivity index (χ0v) is 20.2. The van der Waals surface area contributed by atoms with Crippen molar-refractivity contribution in [1.82, 2.24) is 0 Å². The quantitative estimate of drug-likeness (QED) is 0.319. The molecule has 0 radical (unpaired) electrons. The number of allylic oxidation sites excluding steroid dienone is 2. The van der Waals surface area contributed by atoms with Gasteiger partial charge in [0.15, 0.2) is 12.4 Å². The molecule has 37 heavy (non-hydrogen) atoms. The minimum Gasteiger partial charge on any atom is -0.472 e. The lowest BCUT2D eigenvalue weighted by atomic mass is 9.61. The van der Waals surface area contributed by atoms with Crippen molar-refractivity contribution in [3.05, 3.63) is 47.0 Å². The monoisotopic (exact) mass is 518 g/mol. The van der Waals surface area contributed by atoms with E-state index in [1.165, 1.54) is 12.5 Å². The smallest absolute Gasteiger partial charge is 0.334 e. The van der Waals surface area contributed by atoms with E-state index in [9.17, 15) is 30.0 Å². The standard InChI is InChI=1S/C26H30O11/c1-11-14-3-2-4-15-24(32)34-10-26(14,15)17(36-25-21(30)20(29)19(28)16(8-27)35-25)7-13-18(11)22(37-23(13)31)12-5-6-33-9-12/h4-6,9,13-14,16-17,19-22,25,27-30H,2-3,7-8,10H2,1H3/t13-,14-,16-,17?,19-,20+,21-,22+,25+,26-/m1/s1. The second-order valence-electron chi connectivity index (χ2n) is 10.5. The molecule has 0 aromatic carbocycles. The Hall–Kier alpha value is -2.54. The van der Waals surface area contributed by atoms with Crippen LogP contribution in [0, 0.1) is 17.3 Å². The maximum atomic E-state index is 13.2. The molecule has 11 nitrogen and oxygen atoms in total. The normalized spacial score (nSPS) is 43.4. The highest BCUT2D eigenvalue weighted by Gasteiger charge is 2.63. The molecule has 11 heteroatoms. The fourth-order valence-electron chi connectivity index (χ4n) is 6.93. The van der Waals surface area contributed by atoms with Gasteiger partial charge in [0, 0.05) is 11.1 Å². The summed E-state index contributed by atoms with van der Waals surface area (Å²) in [5.41, 5.74) is 1.93. The average molecular weight is 519 g/mol. The van der Waals surface area contributed by atoms with E-state index >= 15 is 0 Å². The van der Waals surface area contributed by atoms with Gasteiger partial charge in [0.1, 0.15) is 31.0 Å². The number of aliphatic hydroxyl groups excluding tert-OH is 4. The van der Waals surface area contributed by atoms with E-state index < -0.39 is 72.8 Å². The van der Waals surface area contributed by atoms with E-state index in [0.29, 0.717) is 24.0 Å². The molecule has 3 saturated heterocycles. The first-order valence-corrected chi connectivity index (χ1v) is 12.5. The summed E-state index contributed by atoms with van der Waals surface area (Å²) in [6.45, 7) is 1.36. The summed E-state index contributed by atoms with van der Waals surface area (Å²) in [4.78, 5) is 26.1. The van der Waals surface area contributed by atoms with Crippen LogP contribution in [0.15, 0.2) is 45.8 Å². The maximum absolute atomic E-state index is 13.2. The van der Waals surface area contributed by atoms with Gasteiger partial charge in [0.2, 0.25) is 0 Å². The van der Waals surface area contributed by atoms with Crippen LogP contribution in [-0.4, -0.2) is 82.4 Å². The van der Waals surface area contributed by atoms with Crippen molar-refractivity contribution < 1.29 is 53.4 Å². The molecule has 6 rings (SSSR count). The molecule has 200 valence electrons. The number of ether oxygens (including phenoxy) is 4. The van der Waals surface area contributed by atoms with Crippen LogP contribution in [0.25, 0.3) is 0 Å². The van der Waals surface area contributed by atoms with Gasteiger partial charge in [0.05, 0.1) is 36.6 Å². The lowest BCUT2D eigenvalue weighted by Crippen LogP contribution is -2.61. The second kappa shape index (κ2) is 9.04. The molecule has 1 spiro atoms. The van der Waals surface area contributed by atoms with E-state index in [-0.39, 0.29) is 18.9 Å². The molecule has 5 aliphatic rings. The number of esters is 2. The average Bonchev–Trinajstić information content (AvgIpc) is 3.60. The molecule has 10 atom stereocenters. The fourth-order valence-corrected chi connectivity index (χ4v) is 6.93. The van der Waals surface area contributed by atoms with Gasteiger partial charge in [-0.05, 0) is 43.7 Å². The van der Waals surface area contributed by atoms with Gasteiger partial charge >= 0.3 is 11.9 Å². The molecular weight excluding hydrogens is 488 g/mol. The highest BCUT2D eigenvalue weighted by Crippen LogP contribution is 2.60. The highest BCUT2D eigenvalue weighted by molar-refractivity contribution is 5.93. The Morgan fingerprint density at radius 2 is 1.97 bits per heavy atom. The van der Waals surface area contributed by atoms with Crippen molar-refractivity contribution >= 4 is 11.9 Å². The summed E-state index contributed by atoms with van der Waals surface area (Å²) in [5.74, 6) is -1.82. The molecule has 1 unspecified atom stereocenters. The Kier molecular flexibility index (Phi) is 6.05. The first kappa shape index (κ1) is 24.8. The molecule has 4 heterocycles. The van der Waals surface area contributed by atoms with E-state index in [1.807, 2.05) is 13.0 Å². The Balaban J connectivity index is 1.44. The van der Waals surface area contributed by atoms with Crippen molar-refractivity contribution in [3.63, 3.8) is 0 Å². The fraction of sp³-hybridized carbons (Fsp3) is 0.615. The summed E-state index contributed by atoms with van der Waals surface area (Å²) in [5, 5.41) is 40.9. The Bertz CT molecular complexity index is 1140. The van der Waals surface area contributed by atoms with Crippen LogP contribution in [0.5, 0.6) is 0 Å². The lowest BCUT2D eigenvalue weighted by Gasteiger charge is -2.47. The number of rotatable bonds is 4. The largest absolute Gasteiger partial charge is 0.472 e. The van der Waals surface area contributed by atoms with E-state index in [0.717, 1.165) is 11.1 Å². The maximum Gasteiger partial charge on any atom is 0.334 e. The topological polar surface area (TPSA) is 165 Å². The number of furan rings is 1. The van der Waals surface area contributed by atoms with Crippen molar-refractivity contribution in [2.24, 2.45) is 17.3 Å². The first-order valence-electron chi connectivity index (χ1n) is 12.5. The van der Waals surface area contributed by atoms with Gasteiger partial charge in [-0.1, -0.05) is 11.6 Å². The van der Waals surface area contributed by atoms with Gasteiger partial charge < -0.3 is 43.8 Å². The summed E-state index contributed by atoms with van der Waals surface area (Å²) in [6.07, 6.45) is -2.58. The zero-order valence-electron chi connectivity index (χ0n) is 20.2. The molecule has 2 aliphatic carbocycles. The zero-order chi connectivity index (χ0) is 26.1. The van der Waals surface area contributed by atoms with Gasteiger partial charge in [-0.25, -0.2) is 4.79 Å². The molecule has 3 fully saturated rings. The van der Waals surface area contributed by atoms with E-state index in [4.69, 9.17) is 23.4 Å². The molecule has 0 amide bonds. The first-order chi connectivity index (χ1) is 17.8. The molecule has 0 bridgehead atoms. The van der Waals surface area contributed by atoms with Crippen LogP contribution in [-0.2, 0) is 28.5 Å². The van der Waals surface area contributed by atoms with Gasteiger partial charge in [-0.2, -0.15) is 0 Å². The van der Waals surface area contributed by atoms with Crippen LogP contribution in [0.2, 0.25) is 0 Å². The summed E-state index contributed by atoms with van der Waals surface area (Å²) in [6, 6.07) is 1.75. The predicted octanol–water partition coefficient (Wildman–Crippen LogP) is 0.279. The van der Waals surface area contributed by atoms with Crippen molar-refractivity contribution in [3.8, 4) is 0 Å². The third-order valence-corrected chi connectivity index (χ3v) is 8.76. The number of hydrogen-bond donors (Lipinski definition) is 4. The van der Waals surface area contributed by atoms with Gasteiger partial charge in [0.25, 0.3) is 0 Å². The SMILES string of the molecule is CC1=C2[C@@H](CC(O[C@@H]3O[C@H](CO)[C@@H](O)[C@H](O)[C@H]3O)[C@@]34COC(=O)C3=CCC[C@H]14)C(=O)O[C@H]2c1ccoc1. The van der Waals surface area contributed by atoms with Crippen molar-refractivity contribution in [2.75, 3.05) is 13.2 Å². The molecule has 4 N–H and O–H groups in total. The highest BCUT2D eigenvalue weighted by atomic mass is 16.7. The minimum atomic E-state index is -1.63. The van der Waals surface area contributed by atoms with E-state index in [2.05, 4.69) is 0 Å². The molecule has 0 saturated carbocycles. The third kappa shape index (κ3) is 3.56. The number of cyclic esters (lactones) is 2. The number of hydrogen-bond acceptors (Lipinski definition) is 11. The van der Waals surface area contributed by atoms with Gasteiger partial charge in [-0.15, -0.1) is 0 Å². The van der Waals surface area contributed by atoms with Crippen LogP contribution in [0.1, 0.15) is 37.9 Å². The van der Waals surface area contributed by atoms with Crippen LogP contribution < -0.4 is 0 Å². The number of aliphatic hydroxyl groups is 4. The Morgan fingerprint density at radius 3 is 2.70 bits per heavy atom. The molecule has 1 aromatic heterocycles. The molecular formula is C26H30O11. The second-order valence-corrected chi connectivity index (χ2v) is 10.5. The van der Waals surface area contributed by atoms with Gasteiger partial charge in [-0.3, -0.25) is 4.79 Å². The number of carbonyl (C=O) groups is 2. The Labute approximate surface area is 212 Å². The molecule has 3 aliphatic heterocycles.